The second kappa shape index (κ2) is 6.52. The van der Waals surface area contributed by atoms with Crippen LogP contribution in [0.4, 0.5) is 5.69 Å². The number of aryl methyl sites for hydroxylation is 2. The van der Waals surface area contributed by atoms with Crippen LogP contribution in [-0.2, 0) is 14.3 Å². The molecule has 1 aliphatic rings. The number of carbonyl (C=O) groups is 2. The van der Waals surface area contributed by atoms with Crippen LogP contribution in [0.15, 0.2) is 18.2 Å². The van der Waals surface area contributed by atoms with Crippen LogP contribution < -0.4 is 5.32 Å². The van der Waals surface area contributed by atoms with Crippen LogP contribution in [0.5, 0.6) is 0 Å². The maximum absolute atomic E-state index is 11.9. The van der Waals surface area contributed by atoms with Crippen LogP contribution in [0.1, 0.15) is 17.5 Å². The molecule has 5 heteroatoms. The molecule has 0 aliphatic carbocycles. The molecule has 0 bridgehead atoms. The topological polar surface area (TPSA) is 58.6 Å². The Morgan fingerprint density at radius 1 is 1.15 bits per heavy atom. The standard InChI is InChI=1S/C15H20N2O3/c1-11-7-12(2)9-13(8-11)16-14(18)10-15(19)17-3-5-20-6-4-17/h7-9H,3-6,10H2,1-2H3,(H,16,18). The van der Waals surface area contributed by atoms with Gasteiger partial charge in [0.25, 0.3) is 0 Å². The van der Waals surface area contributed by atoms with Gasteiger partial charge in [-0.1, -0.05) is 6.07 Å². The Morgan fingerprint density at radius 3 is 2.35 bits per heavy atom. The molecule has 2 amide bonds. The van der Waals surface area contributed by atoms with Crippen molar-refractivity contribution in [1.29, 1.82) is 0 Å². The van der Waals surface area contributed by atoms with Crippen LogP contribution in [0.2, 0.25) is 0 Å². The van der Waals surface area contributed by atoms with E-state index >= 15 is 0 Å². The van der Waals surface area contributed by atoms with Gasteiger partial charge in [-0.3, -0.25) is 9.59 Å². The fraction of sp³-hybridized carbons (Fsp3) is 0.467. The summed E-state index contributed by atoms with van der Waals surface area (Å²) in [6.07, 6.45) is -0.118. The summed E-state index contributed by atoms with van der Waals surface area (Å²) < 4.78 is 5.18. The first-order chi connectivity index (χ1) is 9.54. The number of anilines is 1. The van der Waals surface area contributed by atoms with Gasteiger partial charge in [-0.2, -0.15) is 0 Å². The summed E-state index contributed by atoms with van der Waals surface area (Å²) in [5, 5.41) is 2.78. The predicted octanol–water partition coefficient (Wildman–Crippen LogP) is 1.49. The van der Waals surface area contributed by atoms with Crippen molar-refractivity contribution in [1.82, 2.24) is 4.90 Å². The summed E-state index contributed by atoms with van der Waals surface area (Å²) in [6, 6.07) is 5.82. The zero-order valence-electron chi connectivity index (χ0n) is 11.9. The third-order valence-electron chi connectivity index (χ3n) is 3.18. The highest BCUT2D eigenvalue weighted by atomic mass is 16.5. The Balaban J connectivity index is 1.89. The minimum absolute atomic E-state index is 0.118. The Kier molecular flexibility index (Phi) is 4.74. The van der Waals surface area contributed by atoms with Crippen molar-refractivity contribution in [3.63, 3.8) is 0 Å². The average molecular weight is 276 g/mol. The predicted molar refractivity (Wildman–Crippen MR) is 76.6 cm³/mol. The normalized spacial score (nSPS) is 15.0. The van der Waals surface area contributed by atoms with Crippen molar-refractivity contribution < 1.29 is 14.3 Å². The highest BCUT2D eigenvalue weighted by molar-refractivity contribution is 6.03. The first-order valence-electron chi connectivity index (χ1n) is 6.78. The minimum Gasteiger partial charge on any atom is -0.378 e. The summed E-state index contributed by atoms with van der Waals surface area (Å²) >= 11 is 0. The van der Waals surface area contributed by atoms with E-state index in [4.69, 9.17) is 4.74 Å². The van der Waals surface area contributed by atoms with E-state index in [1.165, 1.54) is 0 Å². The van der Waals surface area contributed by atoms with E-state index < -0.39 is 0 Å². The lowest BCUT2D eigenvalue weighted by Gasteiger charge is -2.26. The molecule has 108 valence electrons. The third-order valence-corrected chi connectivity index (χ3v) is 3.18. The summed E-state index contributed by atoms with van der Waals surface area (Å²) in [5.74, 6) is -0.415. The first-order valence-corrected chi connectivity index (χ1v) is 6.78. The Morgan fingerprint density at radius 2 is 1.75 bits per heavy atom. The molecule has 1 saturated heterocycles. The lowest BCUT2D eigenvalue weighted by atomic mass is 10.1. The van der Waals surface area contributed by atoms with Gasteiger partial charge >= 0.3 is 0 Å². The number of hydrogen-bond donors (Lipinski definition) is 1. The zero-order valence-corrected chi connectivity index (χ0v) is 11.9. The Hall–Kier alpha value is -1.88. The fourth-order valence-electron chi connectivity index (χ4n) is 2.31. The summed E-state index contributed by atoms with van der Waals surface area (Å²) in [5.41, 5.74) is 2.90. The van der Waals surface area contributed by atoms with Crippen LogP contribution >= 0.6 is 0 Å². The number of amides is 2. The number of ether oxygens (including phenoxy) is 1. The van der Waals surface area contributed by atoms with Crippen LogP contribution in [0, 0.1) is 13.8 Å². The smallest absolute Gasteiger partial charge is 0.233 e. The van der Waals surface area contributed by atoms with Crippen molar-refractivity contribution in [2.75, 3.05) is 31.6 Å². The van der Waals surface area contributed by atoms with Crippen LogP contribution in [-0.4, -0.2) is 43.0 Å². The van der Waals surface area contributed by atoms with Gasteiger partial charge in [0.05, 0.1) is 13.2 Å². The first kappa shape index (κ1) is 14.5. The number of nitrogens with zero attached hydrogens (tertiary/aromatic N) is 1. The Labute approximate surface area is 118 Å². The number of benzene rings is 1. The molecule has 0 saturated carbocycles. The van der Waals surface area contributed by atoms with E-state index in [2.05, 4.69) is 5.32 Å². The third kappa shape index (κ3) is 4.06. The van der Waals surface area contributed by atoms with Crippen molar-refractivity contribution in [2.24, 2.45) is 0 Å². The monoisotopic (exact) mass is 276 g/mol. The van der Waals surface area contributed by atoms with Crippen molar-refractivity contribution in [2.45, 2.75) is 20.3 Å². The van der Waals surface area contributed by atoms with Gasteiger partial charge in [-0.05, 0) is 37.1 Å². The molecule has 0 unspecified atom stereocenters. The number of morpholine rings is 1. The SMILES string of the molecule is Cc1cc(C)cc(NC(=O)CC(=O)N2CCOCC2)c1. The van der Waals surface area contributed by atoms with Gasteiger partial charge in [0.15, 0.2) is 0 Å². The molecular formula is C15H20N2O3. The second-order valence-corrected chi connectivity index (χ2v) is 5.09. The molecular weight excluding hydrogens is 256 g/mol. The number of hydrogen-bond acceptors (Lipinski definition) is 3. The van der Waals surface area contributed by atoms with Crippen molar-refractivity contribution >= 4 is 17.5 Å². The molecule has 1 aliphatic heterocycles. The lowest BCUT2D eigenvalue weighted by molar-refractivity contribution is -0.138. The lowest BCUT2D eigenvalue weighted by Crippen LogP contribution is -2.41. The maximum Gasteiger partial charge on any atom is 0.233 e. The maximum atomic E-state index is 11.9. The molecule has 0 spiro atoms. The second-order valence-electron chi connectivity index (χ2n) is 5.09. The largest absolute Gasteiger partial charge is 0.378 e. The molecule has 0 aromatic heterocycles. The summed E-state index contributed by atoms with van der Waals surface area (Å²) in [4.78, 5) is 25.5. The minimum atomic E-state index is -0.272. The highest BCUT2D eigenvalue weighted by Gasteiger charge is 2.19. The average Bonchev–Trinajstić information content (AvgIpc) is 2.38. The molecule has 1 N–H and O–H groups in total. The van der Waals surface area contributed by atoms with E-state index in [1.807, 2.05) is 32.0 Å². The van der Waals surface area contributed by atoms with Crippen molar-refractivity contribution in [3.8, 4) is 0 Å². The van der Waals surface area contributed by atoms with E-state index in [0.29, 0.717) is 26.3 Å². The molecule has 5 nitrogen and oxygen atoms in total. The van der Waals surface area contributed by atoms with Crippen LogP contribution in [0.3, 0.4) is 0 Å². The number of nitrogens with one attached hydrogen (secondary N) is 1. The van der Waals surface area contributed by atoms with Gasteiger partial charge in [-0.15, -0.1) is 0 Å². The molecule has 1 aromatic carbocycles. The van der Waals surface area contributed by atoms with E-state index in [-0.39, 0.29) is 18.2 Å². The van der Waals surface area contributed by atoms with Gasteiger partial charge in [-0.25, -0.2) is 0 Å². The number of rotatable bonds is 3. The van der Waals surface area contributed by atoms with Gasteiger partial charge in [0, 0.05) is 18.8 Å². The molecule has 1 aromatic rings. The molecule has 1 fully saturated rings. The molecule has 2 rings (SSSR count). The van der Waals surface area contributed by atoms with Crippen molar-refractivity contribution in [3.05, 3.63) is 29.3 Å². The van der Waals surface area contributed by atoms with Gasteiger partial charge < -0.3 is 15.0 Å². The molecule has 20 heavy (non-hydrogen) atoms. The molecule has 0 radical (unpaired) electrons. The molecule has 1 heterocycles. The summed E-state index contributed by atoms with van der Waals surface area (Å²) in [7, 11) is 0. The Bertz CT molecular complexity index is 488. The molecule has 0 atom stereocenters. The number of carbonyl (C=O) groups excluding carboxylic acids is 2. The van der Waals surface area contributed by atoms with E-state index in [9.17, 15) is 9.59 Å². The zero-order chi connectivity index (χ0) is 14.5. The van der Waals surface area contributed by atoms with E-state index in [1.54, 1.807) is 4.90 Å². The van der Waals surface area contributed by atoms with Crippen LogP contribution in [0.25, 0.3) is 0 Å². The summed E-state index contributed by atoms with van der Waals surface area (Å²) in [6.45, 7) is 6.17. The van der Waals surface area contributed by atoms with Gasteiger partial charge in [0.1, 0.15) is 6.42 Å². The highest BCUT2D eigenvalue weighted by Crippen LogP contribution is 2.14. The van der Waals surface area contributed by atoms with Gasteiger partial charge in [0.2, 0.25) is 11.8 Å². The van der Waals surface area contributed by atoms with E-state index in [0.717, 1.165) is 16.8 Å². The fourth-order valence-corrected chi connectivity index (χ4v) is 2.31. The quantitative estimate of drug-likeness (QED) is 0.851.